The highest BCUT2D eigenvalue weighted by molar-refractivity contribution is 6.05. The van der Waals surface area contributed by atoms with Gasteiger partial charge in [-0.25, -0.2) is 0 Å². The number of nitrogens with one attached hydrogen (secondary N) is 5. The number of ether oxygens (including phenoxy) is 3. The highest BCUT2D eigenvalue weighted by atomic mass is 16.5. The Morgan fingerprint density at radius 3 is 1.03 bits per heavy atom. The Morgan fingerprint density at radius 1 is 0.374 bits per heavy atom. The molecular formula is C96H66N12O15. The number of esters is 3. The summed E-state index contributed by atoms with van der Waals surface area (Å²) in [5.74, 6) is 87.1. The smallest absolute Gasteiger partial charge is 0.324 e. The maximum Gasteiger partial charge on any atom is 0.324 e. The molecule has 6 amide bonds. The van der Waals surface area contributed by atoms with Crippen LogP contribution in [-0.2, 0) is 62.2 Å². The third kappa shape index (κ3) is 32.6. The number of terminal acetylenes is 2. The first-order chi connectivity index (χ1) is 59.3. The molecule has 27 nitrogen and oxygen atoms in total. The zero-order chi connectivity index (χ0) is 89.3. The Labute approximate surface area is 710 Å². The molecule has 0 aliphatic heterocycles. The van der Waals surface area contributed by atoms with Gasteiger partial charge in [0.25, 0.3) is 17.7 Å². The summed E-state index contributed by atoms with van der Waals surface area (Å²) in [6.45, 7) is 1.22. The Balaban J connectivity index is 1.24. The molecule has 3 fully saturated rings. The number of primary amides is 1. The van der Waals surface area contributed by atoms with Crippen LogP contribution in [-0.4, -0.2) is 124 Å². The SMILES string of the molecule is C#CC#CC#CC#CC#CC#CC#CC#COC(=O)Cc1cc(NC(=O)C2CCC(N)CC2N)c(O)c(C(=O)NC2CC(C(=O)Nc3cc(CC(=O)OC#CC#CC#CC#CC#CC#CC#CC#C)cc(C(=O)NC4CC(C(=O)Nc5cc(CC(=O)OCC#CC#CC#CC#CC#CC#CC#CC)cc(C(N)=O)c5O)C(N)CC4N)c3O)C(N)CC2N)c1. The molecule has 3 aliphatic carbocycles. The van der Waals surface area contributed by atoms with Gasteiger partial charge < -0.3 is 96.2 Å². The Kier molecular flexibility index (Phi) is 38.9. The average molecular weight is 1630 g/mol. The van der Waals surface area contributed by atoms with Crippen molar-refractivity contribution in [3.8, 4) is 291 Å². The summed E-state index contributed by atoms with van der Waals surface area (Å²) >= 11 is 0. The third-order valence-corrected chi connectivity index (χ3v) is 17.1. The molecule has 11 unspecified atom stereocenters. The van der Waals surface area contributed by atoms with Gasteiger partial charge in [0, 0.05) is 131 Å². The van der Waals surface area contributed by atoms with E-state index in [1.165, 1.54) is 12.1 Å². The molecule has 6 rings (SSSR count). The molecule has 0 aromatic heterocycles. The maximum absolute atomic E-state index is 14.7. The number of phenols is 3. The van der Waals surface area contributed by atoms with E-state index in [2.05, 4.69) is 287 Å². The Morgan fingerprint density at radius 2 is 0.683 bits per heavy atom. The number of phenolic OH excluding ortho intramolecular Hbond substituents is 2. The Hall–Kier alpha value is -18.1. The number of hydrogen-bond donors (Lipinski definition) is 15. The lowest BCUT2D eigenvalue weighted by atomic mass is 9.78. The number of aromatic hydroxyl groups is 3. The summed E-state index contributed by atoms with van der Waals surface area (Å²) < 4.78 is 15.3. The van der Waals surface area contributed by atoms with Crippen LogP contribution < -0.4 is 66.7 Å². The fourth-order valence-corrected chi connectivity index (χ4v) is 11.6. The second-order valence-corrected chi connectivity index (χ2v) is 25.6. The standard InChI is InChI=1S/C96H66N12O15/c1-4-7-10-13-16-19-22-25-28-31-34-37-40-43-48-121-85(109)57-65-51-72(91(103)115)88(112)82(54-65)107-93(117)70-61-80(78(101)63-76(70)99)105-96(120)74-53-67(59-87(111)123-50-45-42-39-36-33-30-27-24-21-18-15-12-9-6-3)56-84(90(74)114)108-94(118)71-62-81(79(102)64-77(71)100)104-95(119)73-52-66(55-83(89(73)113)106-92(116)69-47-46-68(97)60-75(69)98)58-86(110)122-49-44-41-38-35-32-29-26-23-20-17-14-11-8-5-2/h2-3,51-56,68-71,75-81,112-114H,46-48,57-64,97-102H2,1H3,(H2,103,115)(H,104,119)(H,105,120)(H,106,116)(H,107,117)(H,108,118). The van der Waals surface area contributed by atoms with E-state index in [4.69, 9.17) is 67.2 Å². The van der Waals surface area contributed by atoms with Gasteiger partial charge in [-0.3, -0.25) is 43.2 Å². The van der Waals surface area contributed by atoms with Gasteiger partial charge >= 0.3 is 17.9 Å². The second-order valence-electron chi connectivity index (χ2n) is 25.6. The van der Waals surface area contributed by atoms with Crippen molar-refractivity contribution in [2.24, 2.45) is 57.9 Å². The predicted molar refractivity (Wildman–Crippen MR) is 453 cm³/mol. The van der Waals surface area contributed by atoms with Crippen molar-refractivity contribution in [1.29, 1.82) is 0 Å². The maximum atomic E-state index is 14.7. The molecule has 600 valence electrons. The van der Waals surface area contributed by atoms with Crippen LogP contribution in [0, 0.1) is 291 Å². The van der Waals surface area contributed by atoms with Crippen molar-refractivity contribution in [1.82, 2.24) is 10.6 Å². The number of carbonyl (C=O) groups excluding carboxylic acids is 9. The fourth-order valence-electron chi connectivity index (χ4n) is 11.6. The van der Waals surface area contributed by atoms with Crippen LogP contribution in [0.3, 0.4) is 0 Å². The van der Waals surface area contributed by atoms with E-state index < -0.39 is 179 Å². The van der Waals surface area contributed by atoms with Gasteiger partial charge in [0.05, 0.1) is 70.8 Å². The molecule has 22 N–H and O–H groups in total. The molecule has 0 bridgehead atoms. The van der Waals surface area contributed by atoms with Gasteiger partial charge in [0.15, 0.2) is 23.9 Å². The van der Waals surface area contributed by atoms with E-state index in [1.54, 1.807) is 6.92 Å². The average Bonchev–Trinajstić information content (AvgIpc) is 0.798. The fraction of sp³-hybridized carbons (Fsp3) is 0.240. The van der Waals surface area contributed by atoms with Crippen molar-refractivity contribution >= 4 is 70.4 Å². The summed E-state index contributed by atoms with van der Waals surface area (Å²) in [5.41, 5.74) is 41.7. The number of nitrogens with two attached hydrogens (primary N) is 7. The van der Waals surface area contributed by atoms with Crippen LogP contribution in [0.5, 0.6) is 17.2 Å². The van der Waals surface area contributed by atoms with Crippen molar-refractivity contribution < 1.29 is 72.7 Å². The molecule has 0 spiro atoms. The topological polar surface area (TPSA) is 484 Å². The number of amides is 6. The third-order valence-electron chi connectivity index (χ3n) is 17.1. The van der Waals surface area contributed by atoms with E-state index in [9.17, 15) is 58.5 Å². The number of benzene rings is 3. The minimum Gasteiger partial charge on any atom is -0.505 e. The zero-order valence-electron chi connectivity index (χ0n) is 65.0. The molecule has 3 saturated carbocycles. The lowest BCUT2D eigenvalue weighted by Crippen LogP contribution is -2.58. The molecule has 0 heterocycles. The minimum absolute atomic E-state index is 0.0292. The van der Waals surface area contributed by atoms with Crippen molar-refractivity contribution in [3.63, 3.8) is 0 Å². The van der Waals surface area contributed by atoms with Crippen molar-refractivity contribution in [3.05, 3.63) is 69.8 Å². The number of anilines is 3. The van der Waals surface area contributed by atoms with E-state index in [0.717, 1.165) is 24.3 Å². The summed E-state index contributed by atoms with van der Waals surface area (Å²) in [5, 5.41) is 48.2. The molecule has 3 aromatic rings. The van der Waals surface area contributed by atoms with Crippen LogP contribution in [0.15, 0.2) is 36.4 Å². The van der Waals surface area contributed by atoms with E-state index in [1.807, 2.05) is 0 Å². The van der Waals surface area contributed by atoms with Crippen LogP contribution in [0.25, 0.3) is 0 Å². The highest BCUT2D eigenvalue weighted by Crippen LogP contribution is 2.37. The van der Waals surface area contributed by atoms with Crippen molar-refractivity contribution in [2.45, 2.75) is 119 Å². The quantitative estimate of drug-likeness (QED) is 0.0296. The van der Waals surface area contributed by atoms with Crippen LogP contribution in [0.2, 0.25) is 0 Å². The molecule has 3 aliphatic rings. The number of hydrogen-bond acceptors (Lipinski definition) is 21. The second kappa shape index (κ2) is 51.0. The van der Waals surface area contributed by atoms with Gasteiger partial charge in [-0.1, -0.05) is 5.92 Å². The molecule has 0 saturated heterocycles. The zero-order valence-corrected chi connectivity index (χ0v) is 65.0. The van der Waals surface area contributed by atoms with E-state index in [-0.39, 0.29) is 59.8 Å². The predicted octanol–water partition coefficient (Wildman–Crippen LogP) is -1.57. The lowest BCUT2D eigenvalue weighted by Gasteiger charge is -2.38. The monoisotopic (exact) mass is 1630 g/mol. The van der Waals surface area contributed by atoms with Crippen LogP contribution >= 0.6 is 0 Å². The molecule has 3 aromatic carbocycles. The first-order valence-corrected chi connectivity index (χ1v) is 36.1. The largest absolute Gasteiger partial charge is 0.505 e. The van der Waals surface area contributed by atoms with Gasteiger partial charge in [-0.2, -0.15) is 0 Å². The van der Waals surface area contributed by atoms with Crippen molar-refractivity contribution in [2.75, 3.05) is 22.6 Å². The minimum atomic E-state index is -1.27. The molecule has 0 radical (unpaired) electrons. The van der Waals surface area contributed by atoms with Crippen LogP contribution in [0.4, 0.5) is 17.1 Å². The van der Waals surface area contributed by atoms with E-state index in [0.29, 0.717) is 19.3 Å². The van der Waals surface area contributed by atoms with Gasteiger partial charge in [-0.05, 0) is 265 Å². The van der Waals surface area contributed by atoms with Gasteiger partial charge in [0.2, 0.25) is 17.7 Å². The first kappa shape index (κ1) is 93.8. The van der Waals surface area contributed by atoms with E-state index >= 15 is 0 Å². The van der Waals surface area contributed by atoms with Gasteiger partial charge in [0.1, 0.15) is 12.2 Å². The Bertz CT molecular complexity index is 6430. The summed E-state index contributed by atoms with van der Waals surface area (Å²) in [6.07, 6.45) is 12.7. The number of rotatable bonds is 18. The van der Waals surface area contributed by atoms with Crippen LogP contribution in [0.1, 0.15) is 99.6 Å². The highest BCUT2D eigenvalue weighted by Gasteiger charge is 2.42. The number of carbonyl (C=O) groups is 9. The lowest BCUT2D eigenvalue weighted by molar-refractivity contribution is -0.141. The normalized spacial score (nSPS) is 17.2. The molecule has 11 atom stereocenters. The summed E-state index contributed by atoms with van der Waals surface area (Å²) in [6, 6.07) is -0.292. The molecular weight excluding hydrogens is 1560 g/mol. The molecule has 123 heavy (non-hydrogen) atoms. The first-order valence-electron chi connectivity index (χ1n) is 36.1. The summed E-state index contributed by atoms with van der Waals surface area (Å²) in [4.78, 5) is 124. The summed E-state index contributed by atoms with van der Waals surface area (Å²) in [7, 11) is 0. The van der Waals surface area contributed by atoms with Gasteiger partial charge in [-0.15, -0.1) is 12.8 Å². The molecule has 27 heteroatoms.